The Kier molecular flexibility index (Phi) is 4.39. The summed E-state index contributed by atoms with van der Waals surface area (Å²) in [7, 11) is 0. The van der Waals surface area contributed by atoms with Gasteiger partial charge in [0.25, 0.3) is 0 Å². The van der Waals surface area contributed by atoms with Crippen LogP contribution in [0, 0.1) is 25.2 Å². The van der Waals surface area contributed by atoms with E-state index in [0.717, 1.165) is 48.8 Å². The number of anilines is 1. The van der Waals surface area contributed by atoms with Crippen molar-refractivity contribution in [1.82, 2.24) is 9.88 Å². The summed E-state index contributed by atoms with van der Waals surface area (Å²) in [6.07, 6.45) is 1.21. The van der Waals surface area contributed by atoms with Gasteiger partial charge in [0.1, 0.15) is 6.07 Å². The van der Waals surface area contributed by atoms with Gasteiger partial charge in [0, 0.05) is 31.9 Å². The Morgan fingerprint density at radius 1 is 1.26 bits per heavy atom. The van der Waals surface area contributed by atoms with Crippen molar-refractivity contribution in [2.24, 2.45) is 0 Å². The second-order valence-electron chi connectivity index (χ2n) is 5.18. The summed E-state index contributed by atoms with van der Waals surface area (Å²) in [6, 6.07) is 4.35. The molecule has 1 aromatic heterocycles. The zero-order valence-corrected chi connectivity index (χ0v) is 12.1. The highest BCUT2D eigenvalue weighted by atomic mass is 15.3. The first-order chi connectivity index (χ1) is 9.15. The molecule has 0 amide bonds. The highest BCUT2D eigenvalue weighted by molar-refractivity contribution is 5.61. The molecule has 0 saturated carbocycles. The maximum atomic E-state index is 9.33. The van der Waals surface area contributed by atoms with Gasteiger partial charge in [0.2, 0.25) is 0 Å². The van der Waals surface area contributed by atoms with E-state index in [1.54, 1.807) is 0 Å². The molecule has 2 rings (SSSR count). The summed E-state index contributed by atoms with van der Waals surface area (Å²) >= 11 is 0. The molecular weight excluding hydrogens is 236 g/mol. The molecule has 1 fully saturated rings. The molecule has 1 saturated heterocycles. The van der Waals surface area contributed by atoms with Crippen LogP contribution in [0.25, 0.3) is 0 Å². The lowest BCUT2D eigenvalue weighted by atomic mass is 10.1. The van der Waals surface area contributed by atoms with Crippen LogP contribution in [0.4, 0.5) is 5.69 Å². The Balaban J connectivity index is 2.18. The molecular formula is C15H22N4. The normalized spacial score (nSPS) is 16.4. The molecule has 0 aliphatic carbocycles. The van der Waals surface area contributed by atoms with E-state index in [1.165, 1.54) is 13.0 Å². The average Bonchev–Trinajstić information content (AvgIpc) is 2.39. The van der Waals surface area contributed by atoms with Gasteiger partial charge in [0.15, 0.2) is 0 Å². The van der Waals surface area contributed by atoms with Crippen LogP contribution >= 0.6 is 0 Å². The summed E-state index contributed by atoms with van der Waals surface area (Å²) in [4.78, 5) is 9.20. The summed E-state index contributed by atoms with van der Waals surface area (Å²) in [5, 5.41) is 9.33. The van der Waals surface area contributed by atoms with Crippen molar-refractivity contribution in [2.45, 2.75) is 27.2 Å². The summed E-state index contributed by atoms with van der Waals surface area (Å²) < 4.78 is 0. The van der Waals surface area contributed by atoms with Gasteiger partial charge in [0.05, 0.1) is 16.9 Å². The molecule has 0 spiro atoms. The number of nitriles is 1. The van der Waals surface area contributed by atoms with Crippen LogP contribution in [0.2, 0.25) is 0 Å². The fourth-order valence-electron chi connectivity index (χ4n) is 2.72. The van der Waals surface area contributed by atoms with E-state index in [-0.39, 0.29) is 0 Å². The Morgan fingerprint density at radius 3 is 2.53 bits per heavy atom. The molecule has 1 aliphatic rings. The Hall–Kier alpha value is -1.60. The van der Waals surface area contributed by atoms with Gasteiger partial charge in [-0.05, 0) is 32.9 Å². The minimum Gasteiger partial charge on any atom is -0.368 e. The van der Waals surface area contributed by atoms with E-state index in [4.69, 9.17) is 0 Å². The number of piperazine rings is 1. The van der Waals surface area contributed by atoms with Crippen LogP contribution < -0.4 is 4.90 Å². The van der Waals surface area contributed by atoms with E-state index in [9.17, 15) is 5.26 Å². The maximum Gasteiger partial charge on any atom is 0.103 e. The van der Waals surface area contributed by atoms with Crippen LogP contribution in [-0.4, -0.2) is 42.6 Å². The number of hydrogen-bond acceptors (Lipinski definition) is 4. The lowest BCUT2D eigenvalue weighted by molar-refractivity contribution is 0.258. The van der Waals surface area contributed by atoms with Crippen molar-refractivity contribution in [3.63, 3.8) is 0 Å². The Labute approximate surface area is 115 Å². The number of rotatable bonds is 3. The van der Waals surface area contributed by atoms with Crippen molar-refractivity contribution in [3.8, 4) is 6.07 Å². The van der Waals surface area contributed by atoms with Gasteiger partial charge in [-0.2, -0.15) is 5.26 Å². The smallest absolute Gasteiger partial charge is 0.103 e. The topological polar surface area (TPSA) is 43.2 Å². The number of nitrogens with zero attached hydrogens (tertiary/aromatic N) is 4. The van der Waals surface area contributed by atoms with Crippen molar-refractivity contribution in [2.75, 3.05) is 37.6 Å². The lowest BCUT2D eigenvalue weighted by Gasteiger charge is -2.36. The maximum absolute atomic E-state index is 9.33. The standard InChI is InChI=1S/C15H22N4/c1-4-5-18-6-8-19(9-7-18)15-10-12(2)17-13(3)14(15)11-16/h10H,4-9H2,1-3H3. The minimum absolute atomic E-state index is 0.731. The molecule has 2 heterocycles. The zero-order chi connectivity index (χ0) is 13.8. The van der Waals surface area contributed by atoms with Crippen LogP contribution in [-0.2, 0) is 0 Å². The largest absolute Gasteiger partial charge is 0.368 e. The zero-order valence-electron chi connectivity index (χ0n) is 12.1. The molecule has 0 N–H and O–H groups in total. The van der Waals surface area contributed by atoms with Gasteiger partial charge in [-0.15, -0.1) is 0 Å². The Bertz CT molecular complexity index is 482. The van der Waals surface area contributed by atoms with Crippen LogP contribution in [0.3, 0.4) is 0 Å². The van der Waals surface area contributed by atoms with E-state index in [0.29, 0.717) is 0 Å². The van der Waals surface area contributed by atoms with Crippen LogP contribution in [0.5, 0.6) is 0 Å². The SMILES string of the molecule is CCCN1CCN(c2cc(C)nc(C)c2C#N)CC1. The van der Waals surface area contributed by atoms with E-state index < -0.39 is 0 Å². The van der Waals surface area contributed by atoms with Crippen LogP contribution in [0.1, 0.15) is 30.3 Å². The first-order valence-corrected chi connectivity index (χ1v) is 7.01. The number of aryl methyl sites for hydroxylation is 2. The number of aromatic nitrogens is 1. The van der Waals surface area contributed by atoms with E-state index in [2.05, 4.69) is 27.8 Å². The highest BCUT2D eigenvalue weighted by Gasteiger charge is 2.20. The second kappa shape index (κ2) is 6.03. The molecule has 1 aromatic rings. The van der Waals surface area contributed by atoms with E-state index in [1.807, 2.05) is 19.9 Å². The predicted octanol–water partition coefficient (Wildman–Crippen LogP) is 2.10. The molecule has 0 aromatic carbocycles. The van der Waals surface area contributed by atoms with E-state index >= 15 is 0 Å². The van der Waals surface area contributed by atoms with Gasteiger partial charge >= 0.3 is 0 Å². The monoisotopic (exact) mass is 258 g/mol. The van der Waals surface area contributed by atoms with Crippen molar-refractivity contribution >= 4 is 5.69 Å². The third-order valence-electron chi connectivity index (χ3n) is 3.67. The van der Waals surface area contributed by atoms with Crippen LogP contribution in [0.15, 0.2) is 6.07 Å². The minimum atomic E-state index is 0.731. The first-order valence-electron chi connectivity index (χ1n) is 7.01. The first kappa shape index (κ1) is 13.8. The lowest BCUT2D eigenvalue weighted by Crippen LogP contribution is -2.46. The molecule has 4 nitrogen and oxygen atoms in total. The summed E-state index contributed by atoms with van der Waals surface area (Å²) in [5.74, 6) is 0. The van der Waals surface area contributed by atoms with Gasteiger partial charge < -0.3 is 4.90 Å². The van der Waals surface area contributed by atoms with Gasteiger partial charge in [-0.1, -0.05) is 6.92 Å². The van der Waals surface area contributed by atoms with Gasteiger partial charge in [-0.25, -0.2) is 0 Å². The molecule has 0 atom stereocenters. The molecule has 0 radical (unpaired) electrons. The third-order valence-corrected chi connectivity index (χ3v) is 3.67. The number of pyridine rings is 1. The fraction of sp³-hybridized carbons (Fsp3) is 0.600. The summed E-state index contributed by atoms with van der Waals surface area (Å²) in [5.41, 5.74) is 3.62. The third kappa shape index (κ3) is 3.05. The fourth-order valence-corrected chi connectivity index (χ4v) is 2.72. The molecule has 1 aliphatic heterocycles. The second-order valence-corrected chi connectivity index (χ2v) is 5.18. The Morgan fingerprint density at radius 2 is 1.95 bits per heavy atom. The molecule has 4 heteroatoms. The number of hydrogen-bond donors (Lipinski definition) is 0. The molecule has 102 valence electrons. The van der Waals surface area contributed by atoms with Gasteiger partial charge in [-0.3, -0.25) is 9.88 Å². The highest BCUT2D eigenvalue weighted by Crippen LogP contribution is 2.24. The average molecular weight is 258 g/mol. The van der Waals surface area contributed by atoms with Crippen molar-refractivity contribution in [1.29, 1.82) is 5.26 Å². The molecule has 19 heavy (non-hydrogen) atoms. The quantitative estimate of drug-likeness (QED) is 0.833. The van der Waals surface area contributed by atoms with Crippen molar-refractivity contribution in [3.05, 3.63) is 23.0 Å². The predicted molar refractivity (Wildman–Crippen MR) is 77.4 cm³/mol. The molecule has 0 unspecified atom stereocenters. The summed E-state index contributed by atoms with van der Waals surface area (Å²) in [6.45, 7) is 11.5. The molecule has 0 bridgehead atoms. The van der Waals surface area contributed by atoms with Crippen molar-refractivity contribution < 1.29 is 0 Å².